The molecular weight excluding hydrogens is 206 g/mol. The standard InChI is InChI=1S/C8H14BrNO/c1-10(6-5-9)8(11)7-3-2-4-7/h7H,2-6H2,1H3. The molecule has 0 heterocycles. The minimum Gasteiger partial charge on any atom is -0.345 e. The number of carbonyl (C=O) groups is 1. The zero-order chi connectivity index (χ0) is 8.27. The zero-order valence-electron chi connectivity index (χ0n) is 6.85. The molecule has 0 N–H and O–H groups in total. The first kappa shape index (κ1) is 9.04. The third kappa shape index (κ3) is 2.19. The molecule has 0 aromatic carbocycles. The lowest BCUT2D eigenvalue weighted by atomic mass is 9.84. The van der Waals surface area contributed by atoms with E-state index < -0.39 is 0 Å². The summed E-state index contributed by atoms with van der Waals surface area (Å²) in [6.45, 7) is 0.829. The molecule has 0 aliphatic heterocycles. The Balaban J connectivity index is 2.27. The van der Waals surface area contributed by atoms with Crippen molar-refractivity contribution in [1.29, 1.82) is 0 Å². The Kier molecular flexibility index (Phi) is 3.37. The molecular formula is C8H14BrNO. The lowest BCUT2D eigenvalue weighted by Gasteiger charge is -2.28. The van der Waals surface area contributed by atoms with Crippen molar-refractivity contribution in [3.63, 3.8) is 0 Å². The van der Waals surface area contributed by atoms with Crippen LogP contribution >= 0.6 is 15.9 Å². The Morgan fingerprint density at radius 2 is 2.27 bits per heavy atom. The molecule has 0 aromatic rings. The summed E-state index contributed by atoms with van der Waals surface area (Å²) in [7, 11) is 1.88. The van der Waals surface area contributed by atoms with Gasteiger partial charge in [0.25, 0.3) is 0 Å². The second kappa shape index (κ2) is 4.10. The van der Waals surface area contributed by atoms with Gasteiger partial charge in [0.05, 0.1) is 0 Å². The van der Waals surface area contributed by atoms with Crippen molar-refractivity contribution in [3.8, 4) is 0 Å². The Morgan fingerprint density at radius 1 is 1.64 bits per heavy atom. The van der Waals surface area contributed by atoms with E-state index in [0.717, 1.165) is 24.7 Å². The lowest BCUT2D eigenvalue weighted by Crippen LogP contribution is -2.37. The van der Waals surface area contributed by atoms with E-state index in [1.165, 1.54) is 6.42 Å². The van der Waals surface area contributed by atoms with Crippen LogP contribution in [-0.4, -0.2) is 29.7 Å². The van der Waals surface area contributed by atoms with Crippen LogP contribution in [0, 0.1) is 5.92 Å². The van der Waals surface area contributed by atoms with Crippen molar-refractivity contribution in [1.82, 2.24) is 4.90 Å². The molecule has 1 aliphatic carbocycles. The van der Waals surface area contributed by atoms with Gasteiger partial charge in [-0.1, -0.05) is 22.4 Å². The monoisotopic (exact) mass is 219 g/mol. The normalized spacial score (nSPS) is 17.6. The van der Waals surface area contributed by atoms with Gasteiger partial charge < -0.3 is 4.90 Å². The fourth-order valence-electron chi connectivity index (χ4n) is 1.20. The molecule has 0 saturated heterocycles. The van der Waals surface area contributed by atoms with Gasteiger partial charge in [-0.25, -0.2) is 0 Å². The fourth-order valence-corrected chi connectivity index (χ4v) is 1.74. The molecule has 1 aliphatic rings. The van der Waals surface area contributed by atoms with Crippen molar-refractivity contribution in [2.75, 3.05) is 18.9 Å². The summed E-state index contributed by atoms with van der Waals surface area (Å²) in [5.74, 6) is 0.676. The average Bonchev–Trinajstić information content (AvgIpc) is 1.84. The van der Waals surface area contributed by atoms with Crippen LogP contribution in [0.4, 0.5) is 0 Å². The predicted octanol–water partition coefficient (Wildman–Crippen LogP) is 1.64. The van der Waals surface area contributed by atoms with Crippen LogP contribution < -0.4 is 0 Å². The van der Waals surface area contributed by atoms with E-state index >= 15 is 0 Å². The highest BCUT2D eigenvalue weighted by atomic mass is 79.9. The molecule has 0 radical (unpaired) electrons. The average molecular weight is 220 g/mol. The zero-order valence-corrected chi connectivity index (χ0v) is 8.43. The molecule has 0 atom stereocenters. The fraction of sp³-hybridized carbons (Fsp3) is 0.875. The number of nitrogens with zero attached hydrogens (tertiary/aromatic N) is 1. The number of halogens is 1. The molecule has 1 amide bonds. The Labute approximate surface area is 76.1 Å². The summed E-state index contributed by atoms with van der Waals surface area (Å²) >= 11 is 3.31. The van der Waals surface area contributed by atoms with Gasteiger partial charge >= 0.3 is 0 Å². The van der Waals surface area contributed by atoms with Crippen molar-refractivity contribution in [2.45, 2.75) is 19.3 Å². The quantitative estimate of drug-likeness (QED) is 0.662. The third-order valence-electron chi connectivity index (χ3n) is 2.25. The summed E-state index contributed by atoms with van der Waals surface area (Å²) in [5.41, 5.74) is 0. The highest BCUT2D eigenvalue weighted by molar-refractivity contribution is 9.09. The molecule has 1 rings (SSSR count). The van der Waals surface area contributed by atoms with Gasteiger partial charge in [-0.05, 0) is 12.8 Å². The third-order valence-corrected chi connectivity index (χ3v) is 2.61. The summed E-state index contributed by atoms with van der Waals surface area (Å²) < 4.78 is 0. The van der Waals surface area contributed by atoms with E-state index in [1.807, 2.05) is 11.9 Å². The van der Waals surface area contributed by atoms with Gasteiger partial charge in [-0.3, -0.25) is 4.79 Å². The van der Waals surface area contributed by atoms with E-state index in [1.54, 1.807) is 0 Å². The summed E-state index contributed by atoms with van der Waals surface area (Å²) in [6, 6.07) is 0. The van der Waals surface area contributed by atoms with E-state index in [2.05, 4.69) is 15.9 Å². The second-order valence-electron chi connectivity index (χ2n) is 3.08. The molecule has 11 heavy (non-hydrogen) atoms. The Hall–Kier alpha value is -0.0500. The smallest absolute Gasteiger partial charge is 0.225 e. The maximum Gasteiger partial charge on any atom is 0.225 e. The van der Waals surface area contributed by atoms with Gasteiger partial charge in [0.1, 0.15) is 0 Å². The number of amides is 1. The number of carbonyl (C=O) groups excluding carboxylic acids is 1. The van der Waals surface area contributed by atoms with E-state index in [-0.39, 0.29) is 0 Å². The molecule has 0 unspecified atom stereocenters. The van der Waals surface area contributed by atoms with Crippen molar-refractivity contribution in [2.24, 2.45) is 5.92 Å². The molecule has 1 fully saturated rings. The van der Waals surface area contributed by atoms with Crippen LogP contribution in [0.15, 0.2) is 0 Å². The second-order valence-corrected chi connectivity index (χ2v) is 3.87. The van der Waals surface area contributed by atoms with E-state index in [4.69, 9.17) is 0 Å². The molecule has 1 saturated carbocycles. The first-order valence-electron chi connectivity index (χ1n) is 4.06. The Bertz CT molecular complexity index is 145. The highest BCUT2D eigenvalue weighted by Gasteiger charge is 2.27. The largest absolute Gasteiger partial charge is 0.345 e. The van der Waals surface area contributed by atoms with Gasteiger partial charge in [-0.15, -0.1) is 0 Å². The molecule has 3 heteroatoms. The van der Waals surface area contributed by atoms with Crippen LogP contribution in [0.2, 0.25) is 0 Å². The Morgan fingerprint density at radius 3 is 2.64 bits per heavy atom. The molecule has 0 bridgehead atoms. The molecule has 2 nitrogen and oxygen atoms in total. The highest BCUT2D eigenvalue weighted by Crippen LogP contribution is 2.27. The van der Waals surface area contributed by atoms with Crippen molar-refractivity contribution < 1.29 is 4.79 Å². The molecule has 64 valence electrons. The van der Waals surface area contributed by atoms with E-state index in [9.17, 15) is 4.79 Å². The minimum absolute atomic E-state index is 0.329. The van der Waals surface area contributed by atoms with Crippen molar-refractivity contribution >= 4 is 21.8 Å². The van der Waals surface area contributed by atoms with Gasteiger partial charge in [0.15, 0.2) is 0 Å². The first-order chi connectivity index (χ1) is 5.25. The summed E-state index contributed by atoms with van der Waals surface area (Å²) in [6.07, 6.45) is 3.44. The number of hydrogen-bond donors (Lipinski definition) is 0. The van der Waals surface area contributed by atoms with Crippen LogP contribution in [0.25, 0.3) is 0 Å². The van der Waals surface area contributed by atoms with Crippen LogP contribution in [0.3, 0.4) is 0 Å². The molecule has 0 spiro atoms. The van der Waals surface area contributed by atoms with Crippen LogP contribution in [0.5, 0.6) is 0 Å². The SMILES string of the molecule is CN(CCBr)C(=O)C1CCC1. The number of alkyl halides is 1. The van der Waals surface area contributed by atoms with Gasteiger partial charge in [-0.2, -0.15) is 0 Å². The minimum atomic E-state index is 0.329. The molecule has 0 aromatic heterocycles. The predicted molar refractivity (Wildman–Crippen MR) is 48.8 cm³/mol. The number of hydrogen-bond acceptors (Lipinski definition) is 1. The maximum absolute atomic E-state index is 11.4. The van der Waals surface area contributed by atoms with Crippen LogP contribution in [-0.2, 0) is 4.79 Å². The summed E-state index contributed by atoms with van der Waals surface area (Å²) in [5, 5.41) is 0.877. The van der Waals surface area contributed by atoms with Gasteiger partial charge in [0.2, 0.25) is 5.91 Å². The summed E-state index contributed by atoms with van der Waals surface area (Å²) in [4.78, 5) is 13.2. The van der Waals surface area contributed by atoms with Crippen molar-refractivity contribution in [3.05, 3.63) is 0 Å². The van der Waals surface area contributed by atoms with E-state index in [0.29, 0.717) is 11.8 Å². The van der Waals surface area contributed by atoms with Gasteiger partial charge in [0, 0.05) is 24.8 Å². The number of rotatable bonds is 3. The van der Waals surface area contributed by atoms with Crippen LogP contribution in [0.1, 0.15) is 19.3 Å². The topological polar surface area (TPSA) is 20.3 Å². The lowest BCUT2D eigenvalue weighted by molar-refractivity contribution is -0.136. The first-order valence-corrected chi connectivity index (χ1v) is 5.19. The maximum atomic E-state index is 11.4.